The summed E-state index contributed by atoms with van der Waals surface area (Å²) in [5, 5.41) is 3.39. The maximum absolute atomic E-state index is 3.51. The van der Waals surface area contributed by atoms with Crippen LogP contribution in [0.1, 0.15) is 25.1 Å². The standard InChI is InChI=1S/C13H14N2.C2H6/c1-2-4-10(5-3-1)13-8-11-9-14-7-6-12(11)15-13;1-2/h1-5,8,14-15H,6-7,9H2;1-2H3. The van der Waals surface area contributed by atoms with E-state index in [1.807, 2.05) is 19.9 Å². The molecule has 2 heteroatoms. The zero-order valence-electron chi connectivity index (χ0n) is 10.6. The summed E-state index contributed by atoms with van der Waals surface area (Å²) in [5.74, 6) is 0. The van der Waals surface area contributed by atoms with Crippen molar-refractivity contribution in [3.8, 4) is 11.3 Å². The predicted molar refractivity (Wildman–Crippen MR) is 73.0 cm³/mol. The quantitative estimate of drug-likeness (QED) is 0.769. The number of nitrogens with one attached hydrogen (secondary N) is 2. The molecule has 0 amide bonds. The average molecular weight is 228 g/mol. The number of fused-ring (bicyclic) bond motifs is 1. The maximum Gasteiger partial charge on any atom is 0.0459 e. The van der Waals surface area contributed by atoms with Gasteiger partial charge in [-0.3, -0.25) is 0 Å². The molecule has 1 aromatic heterocycles. The Balaban J connectivity index is 0.000000514. The molecule has 0 saturated carbocycles. The molecular weight excluding hydrogens is 208 g/mol. The van der Waals surface area contributed by atoms with Crippen LogP contribution in [0.5, 0.6) is 0 Å². The number of aromatic nitrogens is 1. The second-order valence-electron chi connectivity index (χ2n) is 3.98. The van der Waals surface area contributed by atoms with Crippen molar-refractivity contribution in [1.29, 1.82) is 0 Å². The summed E-state index contributed by atoms with van der Waals surface area (Å²) in [7, 11) is 0. The van der Waals surface area contributed by atoms with Crippen LogP contribution in [0.15, 0.2) is 36.4 Å². The SMILES string of the molecule is CC.c1ccc(-c2cc3c([nH]2)CCNC3)cc1. The highest BCUT2D eigenvalue weighted by Crippen LogP contribution is 2.23. The van der Waals surface area contributed by atoms with Gasteiger partial charge < -0.3 is 10.3 Å². The Morgan fingerprint density at radius 2 is 1.82 bits per heavy atom. The third-order valence-electron chi connectivity index (χ3n) is 2.94. The predicted octanol–water partition coefficient (Wildman–Crippen LogP) is 3.35. The van der Waals surface area contributed by atoms with Crippen molar-refractivity contribution in [2.75, 3.05) is 6.54 Å². The molecule has 90 valence electrons. The van der Waals surface area contributed by atoms with Crippen molar-refractivity contribution in [2.24, 2.45) is 0 Å². The van der Waals surface area contributed by atoms with Gasteiger partial charge >= 0.3 is 0 Å². The zero-order valence-corrected chi connectivity index (χ0v) is 10.6. The van der Waals surface area contributed by atoms with Crippen LogP contribution < -0.4 is 5.32 Å². The van der Waals surface area contributed by atoms with Crippen molar-refractivity contribution in [2.45, 2.75) is 26.8 Å². The number of hydrogen-bond acceptors (Lipinski definition) is 1. The van der Waals surface area contributed by atoms with Gasteiger partial charge in [0.1, 0.15) is 0 Å². The molecule has 2 aromatic rings. The summed E-state index contributed by atoms with van der Waals surface area (Å²) in [6, 6.07) is 12.8. The summed E-state index contributed by atoms with van der Waals surface area (Å²) in [6.07, 6.45) is 1.11. The fourth-order valence-corrected chi connectivity index (χ4v) is 2.13. The van der Waals surface area contributed by atoms with Gasteiger partial charge in [0.15, 0.2) is 0 Å². The molecule has 0 bridgehead atoms. The van der Waals surface area contributed by atoms with Crippen molar-refractivity contribution < 1.29 is 0 Å². The van der Waals surface area contributed by atoms with E-state index in [1.54, 1.807) is 0 Å². The minimum atomic E-state index is 0.999. The van der Waals surface area contributed by atoms with Gasteiger partial charge in [-0.25, -0.2) is 0 Å². The lowest BCUT2D eigenvalue weighted by molar-refractivity contribution is 0.638. The molecule has 2 heterocycles. The van der Waals surface area contributed by atoms with Crippen LogP contribution in [-0.4, -0.2) is 11.5 Å². The topological polar surface area (TPSA) is 27.8 Å². The van der Waals surface area contributed by atoms with Crippen LogP contribution in [0, 0.1) is 0 Å². The maximum atomic E-state index is 3.51. The van der Waals surface area contributed by atoms with Gasteiger partial charge in [-0.1, -0.05) is 44.2 Å². The van der Waals surface area contributed by atoms with Crippen molar-refractivity contribution >= 4 is 0 Å². The van der Waals surface area contributed by atoms with E-state index in [0.29, 0.717) is 0 Å². The molecule has 0 saturated heterocycles. The van der Waals surface area contributed by atoms with Crippen molar-refractivity contribution in [1.82, 2.24) is 10.3 Å². The Morgan fingerprint density at radius 1 is 1.06 bits per heavy atom. The molecule has 1 aliphatic heterocycles. The molecule has 0 spiro atoms. The van der Waals surface area contributed by atoms with Gasteiger partial charge in [0.2, 0.25) is 0 Å². The lowest BCUT2D eigenvalue weighted by atomic mass is 10.1. The molecular formula is C15H20N2. The Bertz CT molecular complexity index is 434. The summed E-state index contributed by atoms with van der Waals surface area (Å²) < 4.78 is 0. The third-order valence-corrected chi connectivity index (χ3v) is 2.94. The Hall–Kier alpha value is -1.54. The minimum Gasteiger partial charge on any atom is -0.358 e. The fraction of sp³-hybridized carbons (Fsp3) is 0.333. The summed E-state index contributed by atoms with van der Waals surface area (Å²) >= 11 is 0. The van der Waals surface area contributed by atoms with Gasteiger partial charge in [-0.15, -0.1) is 0 Å². The second-order valence-corrected chi connectivity index (χ2v) is 3.98. The van der Waals surface area contributed by atoms with E-state index in [4.69, 9.17) is 0 Å². The van der Waals surface area contributed by atoms with Gasteiger partial charge in [0.05, 0.1) is 0 Å². The first kappa shape index (κ1) is 11.9. The molecule has 0 atom stereocenters. The number of rotatable bonds is 1. The Morgan fingerprint density at radius 3 is 2.53 bits per heavy atom. The molecule has 0 aliphatic carbocycles. The van der Waals surface area contributed by atoms with E-state index < -0.39 is 0 Å². The van der Waals surface area contributed by atoms with Gasteiger partial charge in [0, 0.05) is 30.9 Å². The van der Waals surface area contributed by atoms with Gasteiger partial charge in [-0.2, -0.15) is 0 Å². The highest BCUT2D eigenvalue weighted by molar-refractivity contribution is 5.61. The highest BCUT2D eigenvalue weighted by atomic mass is 14.9. The first-order valence-electron chi connectivity index (χ1n) is 6.40. The molecule has 0 radical (unpaired) electrons. The molecule has 0 fully saturated rings. The summed E-state index contributed by atoms with van der Waals surface area (Å²) in [5.41, 5.74) is 5.32. The summed E-state index contributed by atoms with van der Waals surface area (Å²) in [4.78, 5) is 3.51. The highest BCUT2D eigenvalue weighted by Gasteiger charge is 2.12. The molecule has 1 aliphatic rings. The third kappa shape index (κ3) is 2.59. The first-order chi connectivity index (χ1) is 8.43. The number of benzene rings is 1. The molecule has 2 nitrogen and oxygen atoms in total. The van der Waals surface area contributed by atoms with Gasteiger partial charge in [0.25, 0.3) is 0 Å². The van der Waals surface area contributed by atoms with Crippen LogP contribution >= 0.6 is 0 Å². The summed E-state index contributed by atoms with van der Waals surface area (Å²) in [6.45, 7) is 6.08. The van der Waals surface area contributed by atoms with E-state index in [-0.39, 0.29) is 0 Å². The lowest BCUT2D eigenvalue weighted by Gasteiger charge is -2.11. The van der Waals surface area contributed by atoms with Crippen LogP contribution in [0.4, 0.5) is 0 Å². The molecule has 2 N–H and O–H groups in total. The van der Waals surface area contributed by atoms with E-state index >= 15 is 0 Å². The molecule has 17 heavy (non-hydrogen) atoms. The molecule has 1 aromatic carbocycles. The van der Waals surface area contributed by atoms with E-state index in [2.05, 4.69) is 40.6 Å². The Labute approximate surface area is 103 Å². The first-order valence-corrected chi connectivity index (χ1v) is 6.40. The largest absolute Gasteiger partial charge is 0.358 e. The number of H-pyrrole nitrogens is 1. The van der Waals surface area contributed by atoms with Crippen LogP contribution in [0.25, 0.3) is 11.3 Å². The fourth-order valence-electron chi connectivity index (χ4n) is 2.13. The smallest absolute Gasteiger partial charge is 0.0459 e. The minimum absolute atomic E-state index is 0.999. The normalized spacial score (nSPS) is 13.5. The average Bonchev–Trinajstić information content (AvgIpc) is 2.86. The van der Waals surface area contributed by atoms with Crippen molar-refractivity contribution in [3.63, 3.8) is 0 Å². The molecule has 3 rings (SSSR count). The monoisotopic (exact) mass is 228 g/mol. The lowest BCUT2D eigenvalue weighted by Crippen LogP contribution is -2.22. The van der Waals surface area contributed by atoms with E-state index in [1.165, 1.54) is 22.5 Å². The zero-order chi connectivity index (χ0) is 12.1. The number of hydrogen-bond donors (Lipinski definition) is 2. The molecule has 0 unspecified atom stereocenters. The van der Waals surface area contributed by atoms with E-state index in [0.717, 1.165) is 19.5 Å². The van der Waals surface area contributed by atoms with E-state index in [9.17, 15) is 0 Å². The van der Waals surface area contributed by atoms with Crippen LogP contribution in [-0.2, 0) is 13.0 Å². The van der Waals surface area contributed by atoms with Gasteiger partial charge in [-0.05, 0) is 17.2 Å². The van der Waals surface area contributed by atoms with Crippen LogP contribution in [0.3, 0.4) is 0 Å². The number of aromatic amines is 1. The second kappa shape index (κ2) is 5.69. The van der Waals surface area contributed by atoms with Crippen molar-refractivity contribution in [3.05, 3.63) is 47.7 Å². The Kier molecular flexibility index (Phi) is 3.99. The van der Waals surface area contributed by atoms with Crippen LogP contribution in [0.2, 0.25) is 0 Å².